The van der Waals surface area contributed by atoms with E-state index in [-0.39, 0.29) is 0 Å². The van der Waals surface area contributed by atoms with Crippen molar-refractivity contribution in [3.63, 3.8) is 0 Å². The van der Waals surface area contributed by atoms with Gasteiger partial charge in [0.05, 0.1) is 0 Å². The highest BCUT2D eigenvalue weighted by atomic mass is 14.5. The highest BCUT2D eigenvalue weighted by molar-refractivity contribution is 4.93. The summed E-state index contributed by atoms with van der Waals surface area (Å²) in [6.45, 7) is 16.6. The minimum atomic E-state index is 0.563. The predicted octanol–water partition coefficient (Wildman–Crippen LogP) is 37.9. The third-order valence-electron chi connectivity index (χ3n) is 24.9. The Kier molecular flexibility index (Phi) is 85.9. The summed E-state index contributed by atoms with van der Waals surface area (Å²) in [5, 5.41) is 0. The van der Waals surface area contributed by atoms with Gasteiger partial charge < -0.3 is 0 Å². The van der Waals surface area contributed by atoms with Gasteiger partial charge in [0, 0.05) is 0 Å². The first-order valence-corrected chi connectivity index (χ1v) is 48.5. The van der Waals surface area contributed by atoms with Crippen LogP contribution in [-0.2, 0) is 0 Å². The predicted molar refractivity (Wildman–Crippen MR) is 454 cm³/mol. The van der Waals surface area contributed by atoms with Gasteiger partial charge in [-0.1, -0.05) is 569 Å². The molecular weight excluding hydrogens is 1180 g/mol. The van der Waals surface area contributed by atoms with Gasteiger partial charge in [-0.15, -0.1) is 0 Å². The molecule has 0 heteroatoms. The molecule has 0 aliphatic heterocycles. The average molecular weight is 1380 g/mol. The van der Waals surface area contributed by atoms with E-state index in [4.69, 9.17) is 0 Å². The molecule has 0 fully saturated rings. The molecule has 98 heavy (non-hydrogen) atoms. The summed E-state index contributed by atoms with van der Waals surface area (Å²) in [6, 6.07) is 0. The van der Waals surface area contributed by atoms with E-state index in [1.165, 1.54) is 520 Å². The second-order valence-electron chi connectivity index (χ2n) is 35.0. The Labute approximate surface area is 626 Å². The van der Waals surface area contributed by atoms with Crippen LogP contribution in [0.3, 0.4) is 0 Å². The fourth-order valence-corrected chi connectivity index (χ4v) is 18.1. The van der Waals surface area contributed by atoms with E-state index in [9.17, 15) is 0 Å². The number of hydrogen-bond donors (Lipinski definition) is 0. The summed E-state index contributed by atoms with van der Waals surface area (Å²) >= 11 is 0. The van der Waals surface area contributed by atoms with E-state index < -0.39 is 0 Å². The smallest absolute Gasteiger partial charge is 0.0241 e. The lowest BCUT2D eigenvalue weighted by Crippen LogP contribution is -2.39. The third-order valence-corrected chi connectivity index (χ3v) is 24.9. The second kappa shape index (κ2) is 85.9. The van der Waals surface area contributed by atoms with E-state index >= 15 is 0 Å². The summed E-state index contributed by atoms with van der Waals surface area (Å²) in [4.78, 5) is 0. The van der Waals surface area contributed by atoms with Crippen LogP contribution in [-0.4, -0.2) is 0 Å². The molecule has 0 aliphatic carbocycles. The first-order chi connectivity index (χ1) is 48.5. The van der Waals surface area contributed by atoms with Gasteiger partial charge in [0.15, 0.2) is 0 Å². The number of rotatable bonds is 90. The molecule has 1 unspecified atom stereocenters. The summed E-state index contributed by atoms with van der Waals surface area (Å²) in [7, 11) is 0. The Bertz CT molecular complexity index is 1290. The fourth-order valence-electron chi connectivity index (χ4n) is 18.1. The molecular formula is C98H198. The first kappa shape index (κ1) is 98.0. The normalized spacial score (nSPS) is 12.5. The lowest BCUT2D eigenvalue weighted by molar-refractivity contribution is 0.0139. The molecule has 0 nitrogen and oxygen atoms in total. The molecule has 1 atom stereocenters. The standard InChI is InChI=1S/C98H198/c1-8-13-18-23-28-33-38-43-48-53-61-68-75-82-89-96(90-83-76-69-62-54-49-44-39-34-29-24-19-14-9-2)98(93-86-79-72-65-58-51-46-41-36-31-26-21-16-11-4,94-87-80-73-66-59-52-47-42-37-32-27-22-17-12-5)97(92-85-78-71-64-57-56-60-67-74-81-88-95(6)7)91-84-77-70-63-55-50-45-40-35-30-25-20-15-10-3/h95-97H,8-94H2,1-7H3. The van der Waals surface area contributed by atoms with Crippen molar-refractivity contribution in [3.05, 3.63) is 0 Å². The number of hydrogen-bond acceptors (Lipinski definition) is 0. The first-order valence-electron chi connectivity index (χ1n) is 48.5. The zero-order chi connectivity index (χ0) is 70.8. The van der Waals surface area contributed by atoms with E-state index in [0.717, 1.165) is 17.8 Å². The molecule has 590 valence electrons. The van der Waals surface area contributed by atoms with Crippen LogP contribution in [0.2, 0.25) is 0 Å². The molecule has 0 aromatic rings. The van der Waals surface area contributed by atoms with Crippen LogP contribution in [0.5, 0.6) is 0 Å². The molecule has 0 aromatic heterocycles. The zero-order valence-corrected chi connectivity index (χ0v) is 70.8. The molecule has 0 aromatic carbocycles. The zero-order valence-electron chi connectivity index (χ0n) is 70.8. The minimum absolute atomic E-state index is 0.563. The summed E-state index contributed by atoms with van der Waals surface area (Å²) in [6.07, 6.45) is 130. The van der Waals surface area contributed by atoms with Crippen molar-refractivity contribution >= 4 is 0 Å². The Hall–Kier alpha value is 0. The molecule has 0 N–H and O–H groups in total. The van der Waals surface area contributed by atoms with Crippen molar-refractivity contribution in [1.82, 2.24) is 0 Å². The van der Waals surface area contributed by atoms with Gasteiger partial charge in [0.2, 0.25) is 0 Å². The summed E-state index contributed by atoms with van der Waals surface area (Å²) < 4.78 is 0. The van der Waals surface area contributed by atoms with Crippen molar-refractivity contribution in [3.8, 4) is 0 Å². The van der Waals surface area contributed by atoms with Gasteiger partial charge in [0.25, 0.3) is 0 Å². The Morgan fingerprint density at radius 1 is 0.133 bits per heavy atom. The molecule has 0 bridgehead atoms. The van der Waals surface area contributed by atoms with Gasteiger partial charge >= 0.3 is 0 Å². The highest BCUT2D eigenvalue weighted by Gasteiger charge is 2.43. The van der Waals surface area contributed by atoms with Gasteiger partial charge in [-0.2, -0.15) is 0 Å². The van der Waals surface area contributed by atoms with Crippen LogP contribution in [0.15, 0.2) is 0 Å². The SMILES string of the molecule is CCCCCCCCCCCCCCCCC(CCCCCCCCCCCCCCCC)C(CCCCCCCCCCCCCCCC)(CCCCCCCCCCCCCCCC)C(CCCCCCCCCCCCCCCC)CCCCCCCCCCCCC(C)C. The second-order valence-corrected chi connectivity index (χ2v) is 35.0. The lowest BCUT2D eigenvalue weighted by atomic mass is 9.56. The maximum Gasteiger partial charge on any atom is -0.0241 e. The molecule has 0 rings (SSSR count). The molecule has 0 radical (unpaired) electrons. The van der Waals surface area contributed by atoms with E-state index in [2.05, 4.69) is 48.5 Å². The monoisotopic (exact) mass is 1380 g/mol. The minimum Gasteiger partial charge on any atom is -0.0654 e. The summed E-state index contributed by atoms with van der Waals surface area (Å²) in [5.74, 6) is 2.79. The van der Waals surface area contributed by atoms with Crippen LogP contribution < -0.4 is 0 Å². The van der Waals surface area contributed by atoms with Gasteiger partial charge in [-0.3, -0.25) is 0 Å². The Morgan fingerprint density at radius 2 is 0.245 bits per heavy atom. The molecule has 0 heterocycles. The molecule has 0 saturated heterocycles. The third kappa shape index (κ3) is 72.9. The van der Waals surface area contributed by atoms with Crippen molar-refractivity contribution < 1.29 is 0 Å². The molecule has 0 amide bonds. The topological polar surface area (TPSA) is 0 Å². The maximum absolute atomic E-state index is 2.41. The van der Waals surface area contributed by atoms with Crippen LogP contribution >= 0.6 is 0 Å². The van der Waals surface area contributed by atoms with Crippen molar-refractivity contribution in [1.29, 1.82) is 0 Å². The quantitative estimate of drug-likeness (QED) is 0.0533. The van der Waals surface area contributed by atoms with Gasteiger partial charge in [0.1, 0.15) is 0 Å². The molecule has 0 spiro atoms. The van der Waals surface area contributed by atoms with Crippen molar-refractivity contribution in [2.75, 3.05) is 0 Å². The average Bonchev–Trinajstić information content (AvgIpc) is 0.796. The Morgan fingerprint density at radius 3 is 0.378 bits per heavy atom. The van der Waals surface area contributed by atoms with Gasteiger partial charge in [-0.25, -0.2) is 0 Å². The maximum atomic E-state index is 2.41. The highest BCUT2D eigenvalue weighted by Crippen LogP contribution is 2.53. The van der Waals surface area contributed by atoms with Crippen LogP contribution in [0, 0.1) is 23.2 Å². The fraction of sp³-hybridized carbons (Fsp3) is 1.00. The van der Waals surface area contributed by atoms with Crippen LogP contribution in [0.4, 0.5) is 0 Å². The Balaban J connectivity index is 6.84. The van der Waals surface area contributed by atoms with E-state index in [1.54, 1.807) is 38.5 Å². The lowest BCUT2D eigenvalue weighted by Gasteiger charge is -2.49. The number of unbranched alkanes of at least 4 members (excludes halogenated alkanes) is 74. The summed E-state index contributed by atoms with van der Waals surface area (Å²) in [5.41, 5.74) is 0.563. The van der Waals surface area contributed by atoms with Crippen LogP contribution in [0.25, 0.3) is 0 Å². The largest absolute Gasteiger partial charge is 0.0654 e. The van der Waals surface area contributed by atoms with Crippen molar-refractivity contribution in [2.24, 2.45) is 23.2 Å². The van der Waals surface area contributed by atoms with E-state index in [0.29, 0.717) is 5.41 Å². The molecule has 0 saturated carbocycles. The van der Waals surface area contributed by atoms with Crippen molar-refractivity contribution in [2.45, 2.75) is 607 Å². The van der Waals surface area contributed by atoms with E-state index in [1.807, 2.05) is 0 Å². The van der Waals surface area contributed by atoms with Crippen LogP contribution in [0.1, 0.15) is 607 Å². The molecule has 0 aliphatic rings. The van der Waals surface area contributed by atoms with Gasteiger partial charge in [-0.05, 0) is 61.7 Å².